The molecule has 0 aromatic carbocycles. The summed E-state index contributed by atoms with van der Waals surface area (Å²) in [4.78, 5) is 25.3. The van der Waals surface area contributed by atoms with Crippen LogP contribution in [0.4, 0.5) is 5.00 Å². The van der Waals surface area contributed by atoms with Gasteiger partial charge in [0.25, 0.3) is 0 Å². The highest BCUT2D eigenvalue weighted by atomic mass is 32.1. The second kappa shape index (κ2) is 9.62. The summed E-state index contributed by atoms with van der Waals surface area (Å²) < 4.78 is 5.12. The quantitative estimate of drug-likeness (QED) is 0.506. The number of hydrogen-bond donors (Lipinski definition) is 1. The molecule has 1 aromatic heterocycles. The van der Waals surface area contributed by atoms with E-state index in [1.165, 1.54) is 16.9 Å². The van der Waals surface area contributed by atoms with Crippen molar-refractivity contribution in [2.24, 2.45) is 5.92 Å². The van der Waals surface area contributed by atoms with Gasteiger partial charge in [-0.3, -0.25) is 4.79 Å². The van der Waals surface area contributed by atoms with E-state index in [1.54, 1.807) is 6.92 Å². The van der Waals surface area contributed by atoms with Crippen molar-refractivity contribution in [3.63, 3.8) is 0 Å². The van der Waals surface area contributed by atoms with Crippen LogP contribution in [-0.2, 0) is 9.53 Å². The molecule has 0 saturated heterocycles. The first-order chi connectivity index (χ1) is 11.3. The molecular formula is C19H29NO3S. The largest absolute Gasteiger partial charge is 0.462 e. The highest BCUT2D eigenvalue weighted by molar-refractivity contribution is 7.16. The molecule has 1 heterocycles. The highest BCUT2D eigenvalue weighted by Gasteiger charge is 2.22. The lowest BCUT2D eigenvalue weighted by Crippen LogP contribution is -2.18. The fourth-order valence-corrected chi connectivity index (χ4v) is 3.26. The molecule has 0 bridgehead atoms. The molecule has 1 atom stereocenters. The minimum absolute atomic E-state index is 0.0915. The number of amides is 1. The van der Waals surface area contributed by atoms with Gasteiger partial charge in [-0.2, -0.15) is 0 Å². The Kier molecular flexibility index (Phi) is 8.19. The third kappa shape index (κ3) is 6.11. The maximum absolute atomic E-state index is 12.2. The van der Waals surface area contributed by atoms with Gasteiger partial charge >= 0.3 is 5.97 Å². The van der Waals surface area contributed by atoms with Gasteiger partial charge in [0.1, 0.15) is 5.00 Å². The Hall–Kier alpha value is -1.62. The van der Waals surface area contributed by atoms with Crippen molar-refractivity contribution in [2.45, 2.75) is 60.3 Å². The van der Waals surface area contributed by atoms with E-state index in [2.05, 4.69) is 32.2 Å². The van der Waals surface area contributed by atoms with Crippen molar-refractivity contribution < 1.29 is 14.3 Å². The number of carbonyl (C=O) groups excluding carboxylic acids is 2. The maximum Gasteiger partial charge on any atom is 0.341 e. The van der Waals surface area contributed by atoms with Crippen LogP contribution < -0.4 is 5.32 Å². The van der Waals surface area contributed by atoms with Gasteiger partial charge in [-0.25, -0.2) is 4.79 Å². The molecule has 1 aromatic rings. The number of esters is 1. The molecule has 1 rings (SSSR count). The lowest BCUT2D eigenvalue weighted by Gasteiger charge is -2.08. The molecule has 1 N–H and O–H groups in total. The molecule has 5 heteroatoms. The zero-order chi connectivity index (χ0) is 18.3. The van der Waals surface area contributed by atoms with Gasteiger partial charge in [0.2, 0.25) is 5.91 Å². The maximum atomic E-state index is 12.2. The normalized spacial score (nSPS) is 12.0. The smallest absolute Gasteiger partial charge is 0.341 e. The summed E-state index contributed by atoms with van der Waals surface area (Å²) in [5, 5.41) is 3.46. The standard InChI is InChI=1S/C19H29NO3S/c1-7-23-19(22)15-11-16(14(6)10-8-9-12(2)3)24-18(15)20-17(21)13(4)5/h9,11,13-14H,7-8,10H2,1-6H3,(H,20,21)/t14-/m0/s1. The van der Waals surface area contributed by atoms with Crippen LogP contribution in [0.2, 0.25) is 0 Å². The highest BCUT2D eigenvalue weighted by Crippen LogP contribution is 2.35. The van der Waals surface area contributed by atoms with Gasteiger partial charge in [-0.15, -0.1) is 11.3 Å². The number of nitrogens with one attached hydrogen (secondary N) is 1. The summed E-state index contributed by atoms with van der Waals surface area (Å²) in [6, 6.07) is 1.87. The monoisotopic (exact) mass is 351 g/mol. The zero-order valence-electron chi connectivity index (χ0n) is 15.6. The second-order valence-corrected chi connectivity index (χ2v) is 7.60. The van der Waals surface area contributed by atoms with Crippen LogP contribution in [0.25, 0.3) is 0 Å². The Morgan fingerprint density at radius 3 is 2.50 bits per heavy atom. The molecule has 24 heavy (non-hydrogen) atoms. The molecule has 0 unspecified atom stereocenters. The van der Waals surface area contributed by atoms with E-state index in [0.29, 0.717) is 23.1 Å². The molecule has 0 aliphatic carbocycles. The Balaban J connectivity index is 2.99. The van der Waals surface area contributed by atoms with Crippen molar-refractivity contribution >= 4 is 28.2 Å². The Labute approximate surface area is 149 Å². The van der Waals surface area contributed by atoms with Gasteiger partial charge < -0.3 is 10.1 Å². The Morgan fingerprint density at radius 1 is 1.29 bits per heavy atom. The van der Waals surface area contributed by atoms with Gasteiger partial charge in [0.15, 0.2) is 0 Å². The number of ether oxygens (including phenoxy) is 1. The number of hydrogen-bond acceptors (Lipinski definition) is 4. The minimum atomic E-state index is -0.379. The van der Waals surface area contributed by atoms with E-state index in [9.17, 15) is 9.59 Å². The first kappa shape index (κ1) is 20.4. The van der Waals surface area contributed by atoms with E-state index in [0.717, 1.165) is 17.7 Å². The van der Waals surface area contributed by atoms with E-state index >= 15 is 0 Å². The summed E-state index contributed by atoms with van der Waals surface area (Å²) in [7, 11) is 0. The zero-order valence-corrected chi connectivity index (χ0v) is 16.4. The Bertz CT molecular complexity index is 598. The first-order valence-electron chi connectivity index (χ1n) is 8.51. The summed E-state index contributed by atoms with van der Waals surface area (Å²) in [5.41, 5.74) is 1.77. The summed E-state index contributed by atoms with van der Waals surface area (Å²) in [5.74, 6) is -0.286. The number of carbonyl (C=O) groups is 2. The van der Waals surface area contributed by atoms with E-state index in [-0.39, 0.29) is 17.8 Å². The fourth-order valence-electron chi connectivity index (χ4n) is 2.13. The third-order valence-corrected chi connectivity index (χ3v) is 4.93. The van der Waals surface area contributed by atoms with Crippen LogP contribution in [0, 0.1) is 5.92 Å². The average Bonchev–Trinajstić information content (AvgIpc) is 2.90. The van der Waals surface area contributed by atoms with Crippen LogP contribution in [0.5, 0.6) is 0 Å². The van der Waals surface area contributed by atoms with Gasteiger partial charge in [0, 0.05) is 10.8 Å². The molecule has 0 saturated carbocycles. The summed E-state index contributed by atoms with van der Waals surface area (Å²) in [6.45, 7) is 12.1. The van der Waals surface area contributed by atoms with Gasteiger partial charge in [-0.05, 0) is 45.6 Å². The predicted octanol–water partition coefficient (Wildman–Crippen LogP) is 5.37. The van der Waals surface area contributed by atoms with E-state index < -0.39 is 0 Å². The predicted molar refractivity (Wildman–Crippen MR) is 101 cm³/mol. The second-order valence-electron chi connectivity index (χ2n) is 6.52. The lowest BCUT2D eigenvalue weighted by molar-refractivity contribution is -0.118. The average molecular weight is 352 g/mol. The molecule has 0 aliphatic heterocycles. The number of rotatable bonds is 8. The summed E-state index contributed by atoms with van der Waals surface area (Å²) in [6.07, 6.45) is 4.23. The van der Waals surface area contributed by atoms with Crippen LogP contribution in [0.15, 0.2) is 17.7 Å². The van der Waals surface area contributed by atoms with E-state index in [1.807, 2.05) is 19.9 Å². The van der Waals surface area contributed by atoms with Crippen molar-refractivity contribution in [2.75, 3.05) is 11.9 Å². The van der Waals surface area contributed by atoms with Crippen LogP contribution in [0.3, 0.4) is 0 Å². The lowest BCUT2D eigenvalue weighted by atomic mass is 10.0. The van der Waals surface area contributed by atoms with Crippen molar-refractivity contribution in [3.05, 3.63) is 28.2 Å². The van der Waals surface area contributed by atoms with Crippen molar-refractivity contribution in [3.8, 4) is 0 Å². The van der Waals surface area contributed by atoms with Crippen molar-refractivity contribution in [1.82, 2.24) is 0 Å². The molecule has 4 nitrogen and oxygen atoms in total. The number of allylic oxidation sites excluding steroid dienone is 2. The molecule has 0 aliphatic rings. The minimum Gasteiger partial charge on any atom is -0.462 e. The molecule has 1 amide bonds. The van der Waals surface area contributed by atoms with Crippen molar-refractivity contribution in [1.29, 1.82) is 0 Å². The van der Waals surface area contributed by atoms with E-state index in [4.69, 9.17) is 4.74 Å². The molecule has 0 fully saturated rings. The SMILES string of the molecule is CCOC(=O)c1cc([C@@H](C)CCC=C(C)C)sc1NC(=O)C(C)C. The Morgan fingerprint density at radius 2 is 1.96 bits per heavy atom. The van der Waals surface area contributed by atoms with Crippen LogP contribution >= 0.6 is 11.3 Å². The molecule has 134 valence electrons. The van der Waals surface area contributed by atoms with Crippen LogP contribution in [-0.4, -0.2) is 18.5 Å². The first-order valence-corrected chi connectivity index (χ1v) is 9.32. The van der Waals surface area contributed by atoms with Gasteiger partial charge in [-0.1, -0.05) is 32.4 Å². The molecular weight excluding hydrogens is 322 g/mol. The van der Waals surface area contributed by atoms with Crippen LogP contribution in [0.1, 0.15) is 75.5 Å². The number of anilines is 1. The molecule has 0 spiro atoms. The third-order valence-electron chi connectivity index (χ3n) is 3.65. The van der Waals surface area contributed by atoms with Gasteiger partial charge in [0.05, 0.1) is 12.2 Å². The summed E-state index contributed by atoms with van der Waals surface area (Å²) >= 11 is 1.47. The topological polar surface area (TPSA) is 55.4 Å². The molecule has 0 radical (unpaired) electrons. The number of thiophene rings is 1. The fraction of sp³-hybridized carbons (Fsp3) is 0.579.